The fourth-order valence-corrected chi connectivity index (χ4v) is 5.60. The van der Waals surface area contributed by atoms with Gasteiger partial charge in [0.1, 0.15) is 0 Å². The van der Waals surface area contributed by atoms with Gasteiger partial charge in [-0.1, -0.05) is 33.6 Å². The Hall–Kier alpha value is -0.0400. The van der Waals surface area contributed by atoms with Crippen LogP contribution in [0.5, 0.6) is 0 Å². The van der Waals surface area contributed by atoms with Crippen molar-refractivity contribution in [3.8, 4) is 0 Å². The van der Waals surface area contributed by atoms with Gasteiger partial charge in [-0.05, 0) is 55.3 Å². The van der Waals surface area contributed by atoms with Gasteiger partial charge in [0.2, 0.25) is 0 Å². The highest BCUT2D eigenvalue weighted by Crippen LogP contribution is 2.64. The van der Waals surface area contributed by atoms with Crippen molar-refractivity contribution in [2.45, 2.75) is 77.7 Å². The molecule has 1 heterocycles. The van der Waals surface area contributed by atoms with Gasteiger partial charge in [0.05, 0.1) is 5.60 Å². The number of rotatable bonds is 0. The fourth-order valence-electron chi connectivity index (χ4n) is 5.60. The van der Waals surface area contributed by atoms with E-state index in [4.69, 9.17) is 4.74 Å². The van der Waals surface area contributed by atoms with E-state index in [1.165, 1.54) is 51.4 Å². The zero-order valence-corrected chi connectivity index (χ0v) is 11.8. The summed E-state index contributed by atoms with van der Waals surface area (Å²) < 4.78 is 6.35. The Morgan fingerprint density at radius 2 is 1.65 bits per heavy atom. The second kappa shape index (κ2) is 3.73. The topological polar surface area (TPSA) is 9.23 Å². The van der Waals surface area contributed by atoms with Gasteiger partial charge in [0.15, 0.2) is 0 Å². The molecule has 3 atom stereocenters. The molecule has 3 fully saturated rings. The van der Waals surface area contributed by atoms with Crippen LogP contribution in [0.3, 0.4) is 0 Å². The van der Waals surface area contributed by atoms with E-state index < -0.39 is 0 Å². The monoisotopic (exact) mass is 236 g/mol. The Morgan fingerprint density at radius 3 is 2.35 bits per heavy atom. The van der Waals surface area contributed by atoms with Crippen molar-refractivity contribution in [2.24, 2.45) is 16.7 Å². The van der Waals surface area contributed by atoms with E-state index in [1.54, 1.807) is 0 Å². The van der Waals surface area contributed by atoms with E-state index in [0.29, 0.717) is 10.8 Å². The molecular weight excluding hydrogens is 208 g/mol. The van der Waals surface area contributed by atoms with Crippen LogP contribution in [0.2, 0.25) is 0 Å². The molecule has 0 amide bonds. The van der Waals surface area contributed by atoms with Gasteiger partial charge in [0.25, 0.3) is 0 Å². The third kappa shape index (κ3) is 1.54. The molecule has 17 heavy (non-hydrogen) atoms. The summed E-state index contributed by atoms with van der Waals surface area (Å²) in [5.41, 5.74) is 1.25. The number of ether oxygens (including phenoxy) is 1. The van der Waals surface area contributed by atoms with Crippen LogP contribution < -0.4 is 0 Å². The van der Waals surface area contributed by atoms with Gasteiger partial charge in [-0.2, -0.15) is 0 Å². The summed E-state index contributed by atoms with van der Waals surface area (Å²) in [4.78, 5) is 0. The normalized spacial score (nSPS) is 49.2. The van der Waals surface area contributed by atoms with Crippen molar-refractivity contribution in [3.05, 3.63) is 0 Å². The molecule has 1 aliphatic heterocycles. The van der Waals surface area contributed by atoms with E-state index in [9.17, 15) is 0 Å². The van der Waals surface area contributed by atoms with Crippen molar-refractivity contribution in [2.75, 3.05) is 6.61 Å². The van der Waals surface area contributed by atoms with E-state index in [2.05, 4.69) is 20.8 Å². The van der Waals surface area contributed by atoms with Crippen LogP contribution in [0, 0.1) is 16.7 Å². The number of hydrogen-bond donors (Lipinski definition) is 0. The molecule has 2 saturated carbocycles. The maximum Gasteiger partial charge on any atom is 0.0739 e. The smallest absolute Gasteiger partial charge is 0.0739 e. The molecule has 0 aromatic carbocycles. The van der Waals surface area contributed by atoms with E-state index in [-0.39, 0.29) is 5.60 Å². The molecule has 0 aromatic rings. The summed E-state index contributed by atoms with van der Waals surface area (Å²) in [6, 6.07) is 0. The fraction of sp³-hybridized carbons (Fsp3) is 1.00. The molecule has 0 radical (unpaired) electrons. The van der Waals surface area contributed by atoms with Crippen molar-refractivity contribution in [1.29, 1.82) is 0 Å². The molecule has 0 N–H and O–H groups in total. The minimum atomic E-state index is 0.258. The Balaban J connectivity index is 1.99. The molecule has 0 unspecified atom stereocenters. The minimum Gasteiger partial charge on any atom is -0.374 e. The lowest BCUT2D eigenvalue weighted by Gasteiger charge is -2.61. The van der Waals surface area contributed by atoms with Crippen LogP contribution in [-0.2, 0) is 4.74 Å². The molecule has 0 aromatic heterocycles. The van der Waals surface area contributed by atoms with Gasteiger partial charge in [-0.3, -0.25) is 0 Å². The first-order chi connectivity index (χ1) is 8.00. The average Bonchev–Trinajstić information content (AvgIpc) is 2.71. The Morgan fingerprint density at radius 1 is 0.882 bits per heavy atom. The summed E-state index contributed by atoms with van der Waals surface area (Å²) in [6.45, 7) is 8.58. The molecule has 2 aliphatic carbocycles. The molecule has 1 heteroatoms. The lowest BCUT2D eigenvalue weighted by molar-refractivity contribution is -0.189. The van der Waals surface area contributed by atoms with Gasteiger partial charge in [-0.15, -0.1) is 0 Å². The van der Waals surface area contributed by atoms with Crippen molar-refractivity contribution < 1.29 is 4.74 Å². The molecule has 1 spiro atoms. The van der Waals surface area contributed by atoms with Gasteiger partial charge in [-0.25, -0.2) is 0 Å². The van der Waals surface area contributed by atoms with Gasteiger partial charge >= 0.3 is 0 Å². The van der Waals surface area contributed by atoms with Crippen LogP contribution in [0.4, 0.5) is 0 Å². The number of fused-ring (bicyclic) bond motifs is 2. The van der Waals surface area contributed by atoms with E-state index in [0.717, 1.165) is 12.5 Å². The Kier molecular flexibility index (Phi) is 2.63. The third-order valence-corrected chi connectivity index (χ3v) is 6.45. The van der Waals surface area contributed by atoms with Crippen molar-refractivity contribution in [1.82, 2.24) is 0 Å². The molecule has 1 saturated heterocycles. The summed E-state index contributed by atoms with van der Waals surface area (Å²) >= 11 is 0. The zero-order chi connectivity index (χ0) is 12.1. The summed E-state index contributed by atoms with van der Waals surface area (Å²) in [7, 11) is 0. The first-order valence-corrected chi connectivity index (χ1v) is 7.64. The largest absolute Gasteiger partial charge is 0.374 e. The summed E-state index contributed by atoms with van der Waals surface area (Å²) in [6.07, 6.45) is 11.0. The Bertz CT molecular complexity index is 301. The molecule has 3 aliphatic rings. The van der Waals surface area contributed by atoms with Crippen molar-refractivity contribution >= 4 is 0 Å². The summed E-state index contributed by atoms with van der Waals surface area (Å²) in [5, 5.41) is 0. The molecule has 98 valence electrons. The van der Waals surface area contributed by atoms with E-state index >= 15 is 0 Å². The second-order valence-corrected chi connectivity index (χ2v) is 7.65. The van der Waals surface area contributed by atoms with Crippen LogP contribution in [0.25, 0.3) is 0 Å². The predicted octanol–water partition coefficient (Wildman–Crippen LogP) is 4.55. The summed E-state index contributed by atoms with van der Waals surface area (Å²) in [5.74, 6) is 0.885. The quantitative estimate of drug-likeness (QED) is 0.599. The minimum absolute atomic E-state index is 0.258. The molecular formula is C16H28O. The maximum atomic E-state index is 6.35. The lowest BCUT2D eigenvalue weighted by atomic mass is 9.46. The van der Waals surface area contributed by atoms with Crippen molar-refractivity contribution in [3.63, 3.8) is 0 Å². The molecule has 3 rings (SSSR count). The highest BCUT2D eigenvalue weighted by Gasteiger charge is 2.60. The van der Waals surface area contributed by atoms with Crippen LogP contribution in [-0.4, -0.2) is 12.2 Å². The molecule has 1 nitrogen and oxygen atoms in total. The first kappa shape index (κ1) is 12.0. The lowest BCUT2D eigenvalue weighted by Crippen LogP contribution is -2.58. The van der Waals surface area contributed by atoms with Crippen LogP contribution in [0.15, 0.2) is 0 Å². The van der Waals surface area contributed by atoms with Gasteiger partial charge in [0, 0.05) is 6.61 Å². The number of hydrogen-bond acceptors (Lipinski definition) is 1. The standard InChI is InChI=1S/C16H28O/c1-14(2)8-5-9-15(3)13(14)7-4-10-16(15)11-6-12-17-16/h13H,4-12H2,1-3H3/t13-,15-,16-/m0/s1. The second-order valence-electron chi connectivity index (χ2n) is 7.65. The van der Waals surface area contributed by atoms with Gasteiger partial charge < -0.3 is 4.74 Å². The highest BCUT2D eigenvalue weighted by atomic mass is 16.5. The average molecular weight is 236 g/mol. The SMILES string of the molecule is CC1(C)CCC[C@@]2(C)[C@H]1CCC[C@]21CCCO1. The van der Waals surface area contributed by atoms with Crippen LogP contribution >= 0.6 is 0 Å². The first-order valence-electron chi connectivity index (χ1n) is 7.64. The highest BCUT2D eigenvalue weighted by molar-refractivity contribution is 5.10. The van der Waals surface area contributed by atoms with E-state index in [1.807, 2.05) is 0 Å². The third-order valence-electron chi connectivity index (χ3n) is 6.45. The molecule has 0 bridgehead atoms. The zero-order valence-electron chi connectivity index (χ0n) is 11.8. The maximum absolute atomic E-state index is 6.35. The Labute approximate surface area is 106 Å². The van der Waals surface area contributed by atoms with Crippen LogP contribution in [0.1, 0.15) is 72.1 Å². The predicted molar refractivity (Wildman–Crippen MR) is 71.0 cm³/mol.